The van der Waals surface area contributed by atoms with E-state index in [4.69, 9.17) is 61.6 Å². The first-order valence-electron chi connectivity index (χ1n) is 26.2. The van der Waals surface area contributed by atoms with Crippen LogP contribution in [-0.4, -0.2) is 345 Å². The van der Waals surface area contributed by atoms with E-state index in [0.29, 0.717) is 0 Å². The van der Waals surface area contributed by atoms with Gasteiger partial charge in [-0.05, 0) is 20.8 Å². The van der Waals surface area contributed by atoms with Crippen LogP contribution in [-0.2, 0) is 71.2 Å². The van der Waals surface area contributed by atoms with Gasteiger partial charge >= 0.3 is 0 Å². The van der Waals surface area contributed by atoms with Crippen LogP contribution in [0, 0.1) is 0 Å². The number of rotatable bonds is 18. The molecule has 0 aromatic carbocycles. The first kappa shape index (κ1) is 66.2. The van der Waals surface area contributed by atoms with Gasteiger partial charge in [0.05, 0.1) is 44.7 Å². The zero-order chi connectivity index (χ0) is 59.8. The first-order valence-corrected chi connectivity index (χ1v) is 26.2. The van der Waals surface area contributed by atoms with Crippen LogP contribution in [0.25, 0.3) is 0 Å². The molecular formula is C46H78N2O33. The lowest BCUT2D eigenvalue weighted by Gasteiger charge is -2.52. The van der Waals surface area contributed by atoms with E-state index in [1.165, 1.54) is 20.8 Å². The van der Waals surface area contributed by atoms with Crippen molar-refractivity contribution in [3.63, 3.8) is 0 Å². The van der Waals surface area contributed by atoms with Crippen molar-refractivity contribution in [2.45, 2.75) is 249 Å². The Labute approximate surface area is 460 Å². The topological polar surface area (TPSA) is 542 Å². The van der Waals surface area contributed by atoms with Crippen LogP contribution in [0.4, 0.5) is 0 Å². The minimum atomic E-state index is -2.30. The summed E-state index contributed by atoms with van der Waals surface area (Å²) >= 11 is 0. The fraction of sp³-hybridized carbons (Fsp3) is 0.957. The lowest BCUT2D eigenvalue weighted by molar-refractivity contribution is -0.401. The zero-order valence-corrected chi connectivity index (χ0v) is 44.2. The van der Waals surface area contributed by atoms with Gasteiger partial charge in [-0.25, -0.2) is 0 Å². The molecule has 0 spiro atoms. The third-order valence-electron chi connectivity index (χ3n) is 15.2. The standard InChI is InChI=1S/C46H78N2O33/c1-10-21(55)26(60)30(64)42(69-10)78-36-19(47-13(4)53)40(68)72-17(8-51)34(36)76-45-33(67)38(25(59)16(7-50)73-45)80-41-20(48-14(5)54)37(79-43-31(65)27(61)22(56)11(2)70-43)35(18(9-52)75-41)77-46-39(29(63)24(58)15(6-49)74-46)81-44-32(66)28(62)23(57)12(3)71-44/h10-12,15-46,49-52,55-68H,6-9H2,1-5H3,(H,47,53)(H,48,54)/t10?,11?,12?,15-,16-,17?,18?,19-,20-,21+,22+,23-,24-,25-,26-,27-,28?,29?,30?,31?,32?,33?,34+,35+,36?,37?,38?,39?,40-,41+,42+,43+,44-,45-,46-/m1/s1. The maximum absolute atomic E-state index is 13.3. The van der Waals surface area contributed by atoms with Crippen molar-refractivity contribution < 1.29 is 163 Å². The Bertz CT molecular complexity index is 2010. The van der Waals surface area contributed by atoms with E-state index in [0.717, 1.165) is 13.8 Å². The number of nitrogens with one attached hydrogen (secondary N) is 2. The highest BCUT2D eigenvalue weighted by Gasteiger charge is 2.60. The molecule has 0 aromatic heterocycles. The molecule has 0 bridgehead atoms. The normalized spacial score (nSPS) is 51.8. The average molecular weight is 1190 g/mol. The van der Waals surface area contributed by atoms with Gasteiger partial charge < -0.3 is 164 Å². The van der Waals surface area contributed by atoms with E-state index in [1.807, 2.05) is 0 Å². The lowest BCUT2D eigenvalue weighted by Crippen LogP contribution is -2.72. The minimum absolute atomic E-state index is 0.793. The molecule has 7 aliphatic rings. The van der Waals surface area contributed by atoms with Crippen LogP contribution in [0.2, 0.25) is 0 Å². The monoisotopic (exact) mass is 1190 g/mol. The Morgan fingerprint density at radius 2 is 0.654 bits per heavy atom. The molecule has 35 atom stereocenters. The van der Waals surface area contributed by atoms with E-state index in [2.05, 4.69) is 10.6 Å². The highest BCUT2D eigenvalue weighted by molar-refractivity contribution is 5.73. The van der Waals surface area contributed by atoms with Gasteiger partial charge in [0.15, 0.2) is 44.0 Å². The summed E-state index contributed by atoms with van der Waals surface area (Å²) in [6.07, 6.45) is -61.9. The highest BCUT2D eigenvalue weighted by atomic mass is 16.8. The molecule has 0 saturated carbocycles. The number of carbonyl (C=O) groups excluding carboxylic acids is 2. The van der Waals surface area contributed by atoms with Gasteiger partial charge in [0.25, 0.3) is 0 Å². The summed E-state index contributed by atoms with van der Waals surface area (Å²) in [5, 5.41) is 201. The summed E-state index contributed by atoms with van der Waals surface area (Å²) in [5.74, 6) is -1.72. The molecule has 7 saturated heterocycles. The van der Waals surface area contributed by atoms with Gasteiger partial charge in [0.1, 0.15) is 152 Å². The third-order valence-corrected chi connectivity index (χ3v) is 15.2. The first-order chi connectivity index (χ1) is 38.2. The molecule has 7 fully saturated rings. The quantitative estimate of drug-likeness (QED) is 0.0606. The van der Waals surface area contributed by atoms with Crippen LogP contribution in [0.3, 0.4) is 0 Å². The van der Waals surface area contributed by atoms with E-state index in [9.17, 15) is 102 Å². The second-order valence-electron chi connectivity index (χ2n) is 21.0. The number of carbonyl (C=O) groups is 2. The van der Waals surface area contributed by atoms with Gasteiger partial charge in [0.2, 0.25) is 11.8 Å². The number of ether oxygens (including phenoxy) is 13. The molecule has 7 heterocycles. The Morgan fingerprint density at radius 3 is 1.10 bits per heavy atom. The highest BCUT2D eigenvalue weighted by Crippen LogP contribution is 2.39. The van der Waals surface area contributed by atoms with Crippen molar-refractivity contribution in [3.8, 4) is 0 Å². The van der Waals surface area contributed by atoms with Crippen LogP contribution < -0.4 is 10.6 Å². The summed E-state index contributed by atoms with van der Waals surface area (Å²) in [6.45, 7) is 1.71. The summed E-state index contributed by atoms with van der Waals surface area (Å²) in [5.41, 5.74) is 0. The van der Waals surface area contributed by atoms with Crippen LogP contribution in [0.1, 0.15) is 34.6 Å². The Balaban J connectivity index is 1.24. The average Bonchev–Trinajstić information content (AvgIpc) is 3.63. The Kier molecular flexibility index (Phi) is 22.9. The second-order valence-corrected chi connectivity index (χ2v) is 21.0. The van der Waals surface area contributed by atoms with E-state index < -0.39 is 253 Å². The van der Waals surface area contributed by atoms with Crippen LogP contribution in [0.5, 0.6) is 0 Å². The number of aliphatic hydroxyl groups is 18. The van der Waals surface area contributed by atoms with Crippen molar-refractivity contribution in [3.05, 3.63) is 0 Å². The molecule has 15 unspecified atom stereocenters. The van der Waals surface area contributed by atoms with E-state index >= 15 is 0 Å². The SMILES string of the molecule is CC(=O)N[C@@H]1C(O[C@@H]2OC(C)[C@H](O)[C@@H](O)C2O)[C@@H](O[C@H]2O[C@H](CO)[C@@H](O)C(O)C2O[C@H]2OC(C)[C@@H](O)C(O)C2O)C(CO)O[C@H]1OC1C(O)[C@@H](O[C@H]2C(CO)O[C@@H](O)[C@H](NC(C)=O)C2O[C@@H]2OC(C)[C@H](O)[C@@H](O)C2O)O[C@H](CO)[C@H]1O. The van der Waals surface area contributed by atoms with Gasteiger partial charge in [-0.15, -0.1) is 0 Å². The summed E-state index contributed by atoms with van der Waals surface area (Å²) in [4.78, 5) is 25.8. The predicted octanol–water partition coefficient (Wildman–Crippen LogP) is -12.9. The molecule has 7 aliphatic heterocycles. The van der Waals surface area contributed by atoms with Crippen molar-refractivity contribution in [1.29, 1.82) is 0 Å². The third kappa shape index (κ3) is 14.1. The van der Waals surface area contributed by atoms with Gasteiger partial charge in [-0.2, -0.15) is 0 Å². The number of hydrogen-bond acceptors (Lipinski definition) is 33. The van der Waals surface area contributed by atoms with Crippen molar-refractivity contribution in [1.82, 2.24) is 10.6 Å². The number of aliphatic hydroxyl groups excluding tert-OH is 18. The number of hydrogen-bond donors (Lipinski definition) is 20. The summed E-state index contributed by atoms with van der Waals surface area (Å²) in [6, 6.07) is -3.58. The molecule has 0 radical (unpaired) electrons. The minimum Gasteiger partial charge on any atom is -0.394 e. The second kappa shape index (κ2) is 28.0. The van der Waals surface area contributed by atoms with E-state index in [-0.39, 0.29) is 0 Å². The number of amides is 2. The molecular weight excluding hydrogens is 1110 g/mol. The molecule has 20 N–H and O–H groups in total. The van der Waals surface area contributed by atoms with Crippen LogP contribution >= 0.6 is 0 Å². The van der Waals surface area contributed by atoms with Gasteiger partial charge in [-0.1, -0.05) is 0 Å². The lowest BCUT2D eigenvalue weighted by atomic mass is 9.93. The van der Waals surface area contributed by atoms with Crippen LogP contribution in [0.15, 0.2) is 0 Å². The molecule has 7 rings (SSSR count). The van der Waals surface area contributed by atoms with Crippen molar-refractivity contribution in [2.24, 2.45) is 0 Å². The molecule has 81 heavy (non-hydrogen) atoms. The Morgan fingerprint density at radius 1 is 0.321 bits per heavy atom. The fourth-order valence-corrected chi connectivity index (χ4v) is 10.6. The fourth-order valence-electron chi connectivity index (χ4n) is 10.6. The Hall–Kier alpha value is -2.30. The van der Waals surface area contributed by atoms with Gasteiger partial charge in [0, 0.05) is 13.8 Å². The maximum atomic E-state index is 13.3. The molecule has 35 heteroatoms. The molecule has 0 aromatic rings. The summed E-state index contributed by atoms with van der Waals surface area (Å²) < 4.78 is 77.2. The predicted molar refractivity (Wildman–Crippen MR) is 251 cm³/mol. The van der Waals surface area contributed by atoms with E-state index in [1.54, 1.807) is 0 Å². The zero-order valence-electron chi connectivity index (χ0n) is 44.2. The maximum Gasteiger partial charge on any atom is 0.217 e. The molecule has 35 nitrogen and oxygen atoms in total. The summed E-state index contributed by atoms with van der Waals surface area (Å²) in [7, 11) is 0. The smallest absolute Gasteiger partial charge is 0.217 e. The largest absolute Gasteiger partial charge is 0.394 e. The molecule has 0 aliphatic carbocycles. The van der Waals surface area contributed by atoms with Gasteiger partial charge in [-0.3, -0.25) is 9.59 Å². The van der Waals surface area contributed by atoms with Crippen molar-refractivity contribution >= 4 is 11.8 Å². The molecule has 470 valence electrons. The van der Waals surface area contributed by atoms with Crippen molar-refractivity contribution in [2.75, 3.05) is 26.4 Å². The molecule has 2 amide bonds.